The van der Waals surface area contributed by atoms with Crippen LogP contribution in [0.25, 0.3) is 183 Å². The van der Waals surface area contributed by atoms with Crippen LogP contribution in [0.1, 0.15) is 0 Å². The summed E-state index contributed by atoms with van der Waals surface area (Å²) < 4.78 is 10.6. The summed E-state index contributed by atoms with van der Waals surface area (Å²) in [7, 11) is 0. The minimum Gasteiger partial charge on any atom is -0.278 e. The quantitative estimate of drug-likeness (QED) is 0.136. The third kappa shape index (κ3) is 10.8. The second-order valence-electron chi connectivity index (χ2n) is 26.1. The van der Waals surface area contributed by atoms with E-state index in [1.54, 1.807) is 0 Å². The van der Waals surface area contributed by atoms with Crippen LogP contribution in [0.5, 0.6) is 0 Å². The number of aromatic nitrogens is 15. The van der Waals surface area contributed by atoms with Gasteiger partial charge in [-0.15, -0.1) is 0 Å². The fourth-order valence-electron chi connectivity index (χ4n) is 15.2. The van der Waals surface area contributed by atoms with Crippen molar-refractivity contribution in [1.82, 2.24) is 72.7 Å². The van der Waals surface area contributed by atoms with Gasteiger partial charge >= 0.3 is 0 Å². The first-order valence-electron chi connectivity index (χ1n) is 35.3. The molecule has 0 amide bonds. The number of benzene rings is 7. The van der Waals surface area contributed by atoms with E-state index in [2.05, 4.69) is 223 Å². The van der Waals surface area contributed by atoms with Gasteiger partial charge in [-0.3, -0.25) is 22.8 Å². The lowest BCUT2D eigenvalue weighted by atomic mass is 9.99. The van der Waals surface area contributed by atoms with E-state index in [0.29, 0.717) is 0 Å². The average Bonchev–Trinajstić information content (AvgIpc) is 1.36. The van der Waals surface area contributed by atoms with Gasteiger partial charge < -0.3 is 0 Å². The molecular formula is C92H59N15. The Bertz CT molecular complexity index is 6480. The summed E-state index contributed by atoms with van der Waals surface area (Å²) in [4.78, 5) is 46.5. The third-order valence-electron chi connectivity index (χ3n) is 20.0. The molecule has 0 N–H and O–H groups in total. The summed E-state index contributed by atoms with van der Waals surface area (Å²) in [5, 5.41) is 11.3. The molecule has 0 aliphatic heterocycles. The van der Waals surface area contributed by atoms with Crippen LogP contribution in [0.3, 0.4) is 0 Å². The zero-order valence-electron chi connectivity index (χ0n) is 57.3. The van der Waals surface area contributed by atoms with Gasteiger partial charge in [0.2, 0.25) is 0 Å². The predicted octanol–water partition coefficient (Wildman–Crippen LogP) is 21.2. The van der Waals surface area contributed by atoms with Crippen LogP contribution < -0.4 is 0 Å². The van der Waals surface area contributed by atoms with Gasteiger partial charge in [-0.05, 0) is 226 Å². The maximum atomic E-state index is 4.71. The van der Waals surface area contributed by atoms with E-state index < -0.39 is 0 Å². The maximum Gasteiger partial charge on any atom is 0.146 e. The van der Waals surface area contributed by atoms with Gasteiger partial charge in [0, 0.05) is 116 Å². The number of hydrogen-bond donors (Lipinski definition) is 0. The minimum absolute atomic E-state index is 0.857. The van der Waals surface area contributed by atoms with Crippen molar-refractivity contribution >= 4 is 110 Å². The summed E-state index contributed by atoms with van der Waals surface area (Å²) in [6, 6.07) is 103. The highest BCUT2D eigenvalue weighted by molar-refractivity contribution is 6.14. The molecule has 15 heterocycles. The normalized spacial score (nSPS) is 11.6. The molecule has 502 valence electrons. The van der Waals surface area contributed by atoms with Crippen molar-refractivity contribution in [3.63, 3.8) is 0 Å². The van der Waals surface area contributed by atoms with Gasteiger partial charge in [-0.1, -0.05) is 115 Å². The Labute approximate surface area is 611 Å². The zero-order chi connectivity index (χ0) is 70.7. The Morgan fingerprint density at radius 2 is 0.336 bits per heavy atom. The molecule has 0 spiro atoms. The van der Waals surface area contributed by atoms with E-state index in [9.17, 15) is 0 Å². The summed E-state index contributed by atoms with van der Waals surface area (Å²) >= 11 is 0. The highest BCUT2D eigenvalue weighted by Crippen LogP contribution is 2.41. The molecule has 0 saturated heterocycles. The highest BCUT2D eigenvalue weighted by atomic mass is 15.1. The summed E-state index contributed by atoms with van der Waals surface area (Å²) in [5.74, 6) is 4.30. The predicted molar refractivity (Wildman–Crippen MR) is 431 cm³/mol. The Morgan fingerprint density at radius 1 is 0.140 bits per heavy atom. The molecule has 0 bridgehead atoms. The van der Waals surface area contributed by atoms with E-state index >= 15 is 0 Å². The Morgan fingerprint density at radius 3 is 0.570 bits per heavy atom. The molecule has 22 rings (SSSR count). The molecule has 0 radical (unpaired) electrons. The van der Waals surface area contributed by atoms with Crippen molar-refractivity contribution in [3.8, 4) is 73.6 Å². The Kier molecular flexibility index (Phi) is 15.1. The van der Waals surface area contributed by atoms with Gasteiger partial charge in [-0.25, -0.2) is 49.8 Å². The topological polar surface area (TPSA) is 154 Å². The van der Waals surface area contributed by atoms with Crippen LogP contribution in [0, 0.1) is 0 Å². The van der Waals surface area contributed by atoms with Crippen LogP contribution in [-0.4, -0.2) is 72.7 Å². The molecule has 22 aromatic rings. The lowest BCUT2D eigenvalue weighted by molar-refractivity contribution is 1.06. The molecule has 0 saturated carbocycles. The number of pyridine rings is 10. The molecule has 0 fully saturated rings. The lowest BCUT2D eigenvalue weighted by Gasteiger charge is -2.08. The van der Waals surface area contributed by atoms with Crippen molar-refractivity contribution in [2.24, 2.45) is 0 Å². The van der Waals surface area contributed by atoms with Crippen LogP contribution in [0.4, 0.5) is 0 Å². The van der Waals surface area contributed by atoms with Crippen LogP contribution in [0.2, 0.25) is 0 Å². The van der Waals surface area contributed by atoms with Gasteiger partial charge in [0.15, 0.2) is 0 Å². The smallest absolute Gasteiger partial charge is 0.146 e. The molecule has 0 aliphatic carbocycles. The van der Waals surface area contributed by atoms with Crippen molar-refractivity contribution in [3.05, 3.63) is 359 Å². The fourth-order valence-corrected chi connectivity index (χ4v) is 15.2. The molecule has 0 unspecified atom stereocenters. The standard InChI is InChI=1S/2C32H20N6.C28H19N3/c2*1-3-15-33-29(9-1)37-27-13-11-21(19-25(27)23-7-5-17-35-31(23)37)22-12-14-28-26(20-22)24-8-6-18-36-32(24)38(28)30-10-2-4-16-34-30;1-2-7-20(8-3-1)21-11-13-22(14-12-21)23-15-16-26-25(19-23)24-9-6-18-30-28(24)31(26)27-10-4-5-17-29-27/h2*1-20H;1-19H. The minimum atomic E-state index is 0.857. The average molecular weight is 1370 g/mol. The van der Waals surface area contributed by atoms with Gasteiger partial charge in [0.1, 0.15) is 57.3 Å². The zero-order valence-corrected chi connectivity index (χ0v) is 57.3. The van der Waals surface area contributed by atoms with Gasteiger partial charge in [0.05, 0.1) is 27.6 Å². The number of fused-ring (bicyclic) bond motifs is 15. The second-order valence-corrected chi connectivity index (χ2v) is 26.1. The maximum absolute atomic E-state index is 4.71. The van der Waals surface area contributed by atoms with Crippen molar-refractivity contribution < 1.29 is 0 Å². The summed E-state index contributed by atoms with van der Waals surface area (Å²) in [6.45, 7) is 0. The molecule has 107 heavy (non-hydrogen) atoms. The van der Waals surface area contributed by atoms with E-state index in [1.165, 1.54) is 27.6 Å². The van der Waals surface area contributed by atoms with Crippen molar-refractivity contribution in [1.29, 1.82) is 0 Å². The SMILES string of the molecule is c1ccc(-c2ccc(-c3ccc4c(c3)c3cccnc3n4-c3ccccn3)cc2)cc1.c1ccc(-n2c3ccc(-c4ccc5c(c4)c4cccnc4n5-c4ccccn4)cc3c3cccnc32)nc1.c1ccc(-n2c3ccc(-c4ccc5c(c4)c4cccnc4n5-c4ccccn4)cc3c3cccnc32)nc1. The number of nitrogens with zero attached hydrogens (tertiary/aromatic N) is 15. The van der Waals surface area contributed by atoms with Gasteiger partial charge in [0.25, 0.3) is 0 Å². The van der Waals surface area contributed by atoms with Crippen molar-refractivity contribution in [2.45, 2.75) is 0 Å². The summed E-state index contributed by atoms with van der Waals surface area (Å²) in [5.41, 5.74) is 19.4. The molecule has 0 aliphatic rings. The Balaban J connectivity index is 0.000000107. The molecule has 15 nitrogen and oxygen atoms in total. The first-order valence-corrected chi connectivity index (χ1v) is 35.3. The molecule has 7 aromatic carbocycles. The van der Waals surface area contributed by atoms with E-state index in [4.69, 9.17) is 19.9 Å². The summed E-state index contributed by atoms with van der Waals surface area (Å²) in [6.07, 6.45) is 18.3. The van der Waals surface area contributed by atoms with Crippen LogP contribution in [-0.2, 0) is 0 Å². The first kappa shape index (κ1) is 61.9. The molecule has 15 heteroatoms. The molecule has 0 atom stereocenters. The van der Waals surface area contributed by atoms with Gasteiger partial charge in [-0.2, -0.15) is 0 Å². The Hall–Kier alpha value is -15.0. The van der Waals surface area contributed by atoms with Crippen LogP contribution in [0.15, 0.2) is 359 Å². The largest absolute Gasteiger partial charge is 0.278 e. The molecule has 15 aromatic heterocycles. The number of hydrogen-bond acceptors (Lipinski definition) is 10. The van der Waals surface area contributed by atoms with Crippen LogP contribution >= 0.6 is 0 Å². The van der Waals surface area contributed by atoms with Crippen molar-refractivity contribution in [2.75, 3.05) is 0 Å². The fraction of sp³-hybridized carbons (Fsp3) is 0. The lowest BCUT2D eigenvalue weighted by Crippen LogP contribution is -1.97. The monoisotopic (exact) mass is 1370 g/mol. The van der Waals surface area contributed by atoms with E-state index in [0.717, 1.165) is 156 Å². The van der Waals surface area contributed by atoms with E-state index in [-0.39, 0.29) is 0 Å². The number of rotatable bonds is 9. The second kappa shape index (κ2) is 26.1. The third-order valence-corrected chi connectivity index (χ3v) is 20.0. The van der Waals surface area contributed by atoms with E-state index in [1.807, 2.05) is 189 Å². The highest BCUT2D eigenvalue weighted by Gasteiger charge is 2.22. The first-order chi connectivity index (χ1) is 53.1. The molecular weight excluding hydrogens is 1320 g/mol.